The smallest absolute Gasteiger partial charge is 0.288 e. The lowest BCUT2D eigenvalue weighted by atomic mass is 10.1. The van der Waals surface area contributed by atoms with Gasteiger partial charge in [-0.3, -0.25) is 14.9 Å². The molecule has 0 saturated carbocycles. The first-order valence-electron chi connectivity index (χ1n) is 5.54. The van der Waals surface area contributed by atoms with Gasteiger partial charge < -0.3 is 9.30 Å². The highest BCUT2D eigenvalue weighted by molar-refractivity contribution is 5.36. The Morgan fingerprint density at radius 2 is 2.12 bits per heavy atom. The summed E-state index contributed by atoms with van der Waals surface area (Å²) >= 11 is 0. The second-order valence-corrected chi connectivity index (χ2v) is 4.19. The molecule has 0 atom stereocenters. The molecule has 6 nitrogen and oxygen atoms in total. The van der Waals surface area contributed by atoms with Crippen LogP contribution in [0, 0.1) is 17.0 Å². The van der Waals surface area contributed by atoms with E-state index < -0.39 is 4.92 Å². The lowest BCUT2D eigenvalue weighted by Gasteiger charge is -2.24. The van der Waals surface area contributed by atoms with Crippen LogP contribution >= 0.6 is 0 Å². The second kappa shape index (κ2) is 4.67. The monoisotopic (exact) mass is 238 g/mol. The van der Waals surface area contributed by atoms with Gasteiger partial charge in [0.25, 0.3) is 11.2 Å². The van der Waals surface area contributed by atoms with E-state index in [0.29, 0.717) is 18.8 Å². The van der Waals surface area contributed by atoms with Gasteiger partial charge in [-0.2, -0.15) is 0 Å². The Morgan fingerprint density at radius 3 is 2.71 bits per heavy atom. The molecule has 17 heavy (non-hydrogen) atoms. The normalized spacial score (nSPS) is 17.0. The molecule has 0 aliphatic carbocycles. The van der Waals surface area contributed by atoms with Crippen LogP contribution in [0.4, 0.5) is 5.69 Å². The maximum atomic E-state index is 11.8. The minimum atomic E-state index is -0.454. The van der Waals surface area contributed by atoms with Crippen molar-refractivity contribution in [2.45, 2.75) is 25.8 Å². The van der Waals surface area contributed by atoms with Crippen molar-refractivity contribution in [1.29, 1.82) is 0 Å². The standard InChI is InChI=1S/C11H14N2O4/c1-8-6-11(14)12(7-10(8)13(15)16)9-2-4-17-5-3-9/h6-7,9H,2-5H2,1H3. The predicted octanol–water partition coefficient (Wildman–Crippen LogP) is 1.42. The van der Waals surface area contributed by atoms with Crippen molar-refractivity contribution in [3.05, 3.63) is 38.3 Å². The first-order valence-corrected chi connectivity index (χ1v) is 5.54. The van der Waals surface area contributed by atoms with Crippen LogP contribution in [0.5, 0.6) is 0 Å². The fourth-order valence-electron chi connectivity index (χ4n) is 2.07. The summed E-state index contributed by atoms with van der Waals surface area (Å²) in [6, 6.07) is 1.34. The van der Waals surface area contributed by atoms with Gasteiger partial charge in [0.15, 0.2) is 0 Å². The Kier molecular flexibility index (Phi) is 3.23. The van der Waals surface area contributed by atoms with Gasteiger partial charge in [0.2, 0.25) is 0 Å². The molecule has 0 amide bonds. The lowest BCUT2D eigenvalue weighted by Crippen LogP contribution is -2.29. The molecule has 1 aliphatic rings. The number of pyridine rings is 1. The van der Waals surface area contributed by atoms with Crippen LogP contribution in [-0.4, -0.2) is 22.7 Å². The summed E-state index contributed by atoms with van der Waals surface area (Å²) in [5, 5.41) is 10.8. The van der Waals surface area contributed by atoms with Crippen molar-refractivity contribution in [2.75, 3.05) is 13.2 Å². The molecule has 92 valence electrons. The maximum Gasteiger partial charge on any atom is 0.288 e. The van der Waals surface area contributed by atoms with Crippen LogP contribution in [0.25, 0.3) is 0 Å². The zero-order valence-electron chi connectivity index (χ0n) is 9.59. The van der Waals surface area contributed by atoms with Gasteiger partial charge >= 0.3 is 0 Å². The number of nitrogens with zero attached hydrogens (tertiary/aromatic N) is 2. The quantitative estimate of drug-likeness (QED) is 0.576. The molecule has 0 unspecified atom stereocenters. The predicted molar refractivity (Wildman–Crippen MR) is 61.2 cm³/mol. The van der Waals surface area contributed by atoms with Crippen molar-refractivity contribution >= 4 is 5.69 Å². The number of nitro groups is 1. The summed E-state index contributed by atoms with van der Waals surface area (Å²) in [7, 11) is 0. The van der Waals surface area contributed by atoms with E-state index in [1.54, 1.807) is 6.92 Å². The third-order valence-electron chi connectivity index (χ3n) is 3.04. The zero-order valence-corrected chi connectivity index (χ0v) is 9.59. The van der Waals surface area contributed by atoms with Crippen molar-refractivity contribution in [1.82, 2.24) is 4.57 Å². The van der Waals surface area contributed by atoms with E-state index in [1.165, 1.54) is 16.8 Å². The average molecular weight is 238 g/mol. The first kappa shape index (κ1) is 11.8. The molecular formula is C11H14N2O4. The highest BCUT2D eigenvalue weighted by Gasteiger charge is 2.20. The highest BCUT2D eigenvalue weighted by atomic mass is 16.6. The third-order valence-corrected chi connectivity index (χ3v) is 3.04. The molecule has 2 rings (SSSR count). The lowest BCUT2D eigenvalue weighted by molar-refractivity contribution is -0.386. The maximum absolute atomic E-state index is 11.8. The summed E-state index contributed by atoms with van der Waals surface area (Å²) < 4.78 is 6.68. The molecule has 1 aromatic rings. The zero-order chi connectivity index (χ0) is 12.4. The van der Waals surface area contributed by atoms with Gasteiger partial charge in [-0.05, 0) is 19.8 Å². The number of aromatic nitrogens is 1. The van der Waals surface area contributed by atoms with Crippen molar-refractivity contribution in [3.8, 4) is 0 Å². The summed E-state index contributed by atoms with van der Waals surface area (Å²) in [4.78, 5) is 22.2. The molecule has 0 aromatic carbocycles. The van der Waals surface area contributed by atoms with Crippen molar-refractivity contribution < 1.29 is 9.66 Å². The Hall–Kier alpha value is -1.69. The van der Waals surface area contributed by atoms with Crippen molar-refractivity contribution in [2.24, 2.45) is 0 Å². The van der Waals surface area contributed by atoms with Crippen LogP contribution in [0.15, 0.2) is 17.1 Å². The second-order valence-electron chi connectivity index (χ2n) is 4.19. The first-order chi connectivity index (χ1) is 8.09. The Bertz CT molecular complexity index is 489. The van der Waals surface area contributed by atoms with Gasteiger partial charge in [-0.1, -0.05) is 0 Å². The van der Waals surface area contributed by atoms with Gasteiger partial charge in [-0.15, -0.1) is 0 Å². The van der Waals surface area contributed by atoms with E-state index >= 15 is 0 Å². The van der Waals surface area contributed by atoms with E-state index in [1.807, 2.05) is 0 Å². The Labute approximate surface area is 98.0 Å². The number of ether oxygens (including phenoxy) is 1. The topological polar surface area (TPSA) is 74.4 Å². The molecule has 1 saturated heterocycles. The number of rotatable bonds is 2. The van der Waals surface area contributed by atoms with E-state index in [2.05, 4.69) is 0 Å². The van der Waals surface area contributed by atoms with Gasteiger partial charge in [0, 0.05) is 30.9 Å². The summed E-state index contributed by atoms with van der Waals surface area (Å²) in [6.45, 7) is 2.77. The largest absolute Gasteiger partial charge is 0.381 e. The number of aryl methyl sites for hydroxylation is 1. The SMILES string of the molecule is Cc1cc(=O)n(C2CCOCC2)cc1[N+](=O)[O-]. The summed E-state index contributed by atoms with van der Waals surface area (Å²) in [6.07, 6.45) is 2.80. The minimum absolute atomic E-state index is 0.00362. The molecule has 0 radical (unpaired) electrons. The number of hydrogen-bond acceptors (Lipinski definition) is 4. The van der Waals surface area contributed by atoms with E-state index in [9.17, 15) is 14.9 Å². The van der Waals surface area contributed by atoms with Crippen LogP contribution < -0.4 is 5.56 Å². The molecule has 1 fully saturated rings. The van der Waals surface area contributed by atoms with Gasteiger partial charge in [0.05, 0.1) is 11.1 Å². The van der Waals surface area contributed by atoms with E-state index in [4.69, 9.17) is 4.74 Å². The Morgan fingerprint density at radius 1 is 1.47 bits per heavy atom. The number of hydrogen-bond donors (Lipinski definition) is 0. The van der Waals surface area contributed by atoms with Crippen LogP contribution in [0.2, 0.25) is 0 Å². The fraction of sp³-hybridized carbons (Fsp3) is 0.545. The summed E-state index contributed by atoms with van der Waals surface area (Å²) in [5.41, 5.74) is 0.222. The van der Waals surface area contributed by atoms with E-state index in [0.717, 1.165) is 12.8 Å². The van der Waals surface area contributed by atoms with E-state index in [-0.39, 0.29) is 17.3 Å². The van der Waals surface area contributed by atoms with Gasteiger partial charge in [-0.25, -0.2) is 0 Å². The van der Waals surface area contributed by atoms with Gasteiger partial charge in [0.1, 0.15) is 0 Å². The molecule has 1 aromatic heterocycles. The minimum Gasteiger partial charge on any atom is -0.381 e. The molecule has 1 aliphatic heterocycles. The molecule has 6 heteroatoms. The third kappa shape index (κ3) is 2.36. The molecular weight excluding hydrogens is 224 g/mol. The van der Waals surface area contributed by atoms with Crippen LogP contribution in [0.3, 0.4) is 0 Å². The summed E-state index contributed by atoms with van der Waals surface area (Å²) in [5.74, 6) is 0. The fourth-order valence-corrected chi connectivity index (χ4v) is 2.07. The van der Waals surface area contributed by atoms with Crippen molar-refractivity contribution in [3.63, 3.8) is 0 Å². The van der Waals surface area contributed by atoms with Crippen LogP contribution in [0.1, 0.15) is 24.4 Å². The molecule has 0 bridgehead atoms. The Balaban J connectivity index is 2.42. The molecule has 2 heterocycles. The molecule has 0 N–H and O–H groups in total. The highest BCUT2D eigenvalue weighted by Crippen LogP contribution is 2.22. The van der Waals surface area contributed by atoms with Crippen LogP contribution in [-0.2, 0) is 4.74 Å². The average Bonchev–Trinajstić information content (AvgIpc) is 2.29. The molecule has 0 spiro atoms.